The van der Waals surface area contributed by atoms with Crippen molar-refractivity contribution in [3.63, 3.8) is 0 Å². The molecule has 0 saturated heterocycles. The van der Waals surface area contributed by atoms with E-state index in [-0.39, 0.29) is 29.8 Å². The SMILES string of the molecule is CCNC(=NCC(C)c1ccsc1)NCC(Cc1ccc(F)cc1)C(N)=O.I. The monoisotopic (exact) mass is 518 g/mol. The van der Waals surface area contributed by atoms with Crippen LogP contribution in [0.3, 0.4) is 0 Å². The number of nitrogens with one attached hydrogen (secondary N) is 2. The Balaban J connectivity index is 0.00000392. The van der Waals surface area contributed by atoms with E-state index in [0.29, 0.717) is 31.4 Å². The number of nitrogens with two attached hydrogens (primary N) is 1. The summed E-state index contributed by atoms with van der Waals surface area (Å²) in [7, 11) is 0. The fourth-order valence-corrected chi connectivity index (χ4v) is 3.41. The largest absolute Gasteiger partial charge is 0.369 e. The highest BCUT2D eigenvalue weighted by molar-refractivity contribution is 14.0. The van der Waals surface area contributed by atoms with Gasteiger partial charge in [0.05, 0.1) is 5.92 Å². The van der Waals surface area contributed by atoms with Crippen molar-refractivity contribution in [1.82, 2.24) is 10.6 Å². The van der Waals surface area contributed by atoms with E-state index in [1.165, 1.54) is 17.7 Å². The Morgan fingerprint density at radius 2 is 1.96 bits per heavy atom. The lowest BCUT2D eigenvalue weighted by Crippen LogP contribution is -2.43. The van der Waals surface area contributed by atoms with Crippen LogP contribution < -0.4 is 16.4 Å². The van der Waals surface area contributed by atoms with Gasteiger partial charge in [-0.1, -0.05) is 19.1 Å². The van der Waals surface area contributed by atoms with Crippen LogP contribution in [0.2, 0.25) is 0 Å². The van der Waals surface area contributed by atoms with Crippen molar-refractivity contribution in [3.05, 3.63) is 58.0 Å². The summed E-state index contributed by atoms with van der Waals surface area (Å²) in [4.78, 5) is 16.4. The molecule has 2 aromatic rings. The number of carbonyl (C=O) groups excluding carboxylic acids is 1. The third-order valence-electron chi connectivity index (χ3n) is 4.29. The molecule has 2 rings (SSSR count). The molecule has 5 nitrogen and oxygen atoms in total. The number of halogens is 2. The summed E-state index contributed by atoms with van der Waals surface area (Å²) in [5, 5.41) is 10.6. The Hall–Kier alpha value is -1.68. The molecule has 0 aliphatic heterocycles. The second kappa shape index (κ2) is 12.7. The molecule has 154 valence electrons. The fraction of sp³-hybridized carbons (Fsp3) is 0.400. The van der Waals surface area contributed by atoms with Gasteiger partial charge in [-0.05, 0) is 53.4 Å². The smallest absolute Gasteiger partial charge is 0.222 e. The zero-order valence-corrected chi connectivity index (χ0v) is 19.3. The van der Waals surface area contributed by atoms with Gasteiger partial charge in [0.25, 0.3) is 0 Å². The fourth-order valence-electron chi connectivity index (χ4n) is 2.63. The van der Waals surface area contributed by atoms with Crippen LogP contribution in [0.1, 0.15) is 30.9 Å². The Morgan fingerprint density at radius 3 is 2.54 bits per heavy atom. The molecular formula is C20H28FIN4OS. The summed E-state index contributed by atoms with van der Waals surface area (Å²) in [6.07, 6.45) is 0.452. The molecule has 1 heterocycles. The molecule has 0 radical (unpaired) electrons. The van der Waals surface area contributed by atoms with Crippen LogP contribution in [-0.2, 0) is 11.2 Å². The number of guanidine groups is 1. The van der Waals surface area contributed by atoms with Gasteiger partial charge in [-0.3, -0.25) is 9.79 Å². The first kappa shape index (κ1) is 24.4. The van der Waals surface area contributed by atoms with Gasteiger partial charge in [0, 0.05) is 25.6 Å². The van der Waals surface area contributed by atoms with E-state index in [2.05, 4.69) is 39.4 Å². The first-order valence-electron chi connectivity index (χ1n) is 9.07. The minimum atomic E-state index is -0.409. The normalized spacial score (nSPS) is 13.3. The molecule has 0 saturated carbocycles. The molecule has 2 unspecified atom stereocenters. The highest BCUT2D eigenvalue weighted by Crippen LogP contribution is 2.18. The lowest BCUT2D eigenvalue weighted by Gasteiger charge is -2.18. The molecule has 0 aliphatic rings. The minimum Gasteiger partial charge on any atom is -0.369 e. The van der Waals surface area contributed by atoms with Crippen LogP contribution in [-0.4, -0.2) is 31.5 Å². The van der Waals surface area contributed by atoms with Crippen molar-refractivity contribution in [2.75, 3.05) is 19.6 Å². The van der Waals surface area contributed by atoms with E-state index >= 15 is 0 Å². The number of hydrogen-bond donors (Lipinski definition) is 3. The zero-order valence-electron chi connectivity index (χ0n) is 16.2. The summed E-state index contributed by atoms with van der Waals surface area (Å²) >= 11 is 1.68. The number of carbonyl (C=O) groups is 1. The van der Waals surface area contributed by atoms with Crippen molar-refractivity contribution < 1.29 is 9.18 Å². The van der Waals surface area contributed by atoms with Gasteiger partial charge in [0.15, 0.2) is 5.96 Å². The maximum Gasteiger partial charge on any atom is 0.222 e. The van der Waals surface area contributed by atoms with E-state index in [1.54, 1.807) is 23.5 Å². The lowest BCUT2D eigenvalue weighted by molar-refractivity contribution is -0.121. The van der Waals surface area contributed by atoms with E-state index in [0.717, 1.165) is 12.1 Å². The van der Waals surface area contributed by atoms with Crippen LogP contribution in [0.25, 0.3) is 0 Å². The standard InChI is InChI=1S/C20H27FN4OS.HI/c1-3-23-20(24-11-14(2)16-8-9-27-13-16)25-12-17(19(22)26)10-15-4-6-18(21)7-5-15;/h4-9,13-14,17H,3,10-12H2,1-2H3,(H2,22,26)(H2,23,24,25);1H. The predicted octanol–water partition coefficient (Wildman–Crippen LogP) is 3.51. The van der Waals surface area contributed by atoms with E-state index in [4.69, 9.17) is 5.73 Å². The van der Waals surface area contributed by atoms with Crippen molar-refractivity contribution in [2.24, 2.45) is 16.6 Å². The Labute approximate surface area is 187 Å². The highest BCUT2D eigenvalue weighted by Gasteiger charge is 2.17. The minimum absolute atomic E-state index is 0. The second-order valence-electron chi connectivity index (χ2n) is 6.49. The maximum absolute atomic E-state index is 13.0. The van der Waals surface area contributed by atoms with E-state index < -0.39 is 11.8 Å². The number of primary amides is 1. The third kappa shape index (κ3) is 8.14. The molecule has 0 fully saturated rings. The van der Waals surface area contributed by atoms with Gasteiger partial charge < -0.3 is 16.4 Å². The molecular weight excluding hydrogens is 490 g/mol. The maximum atomic E-state index is 13.0. The molecule has 1 aromatic heterocycles. The van der Waals surface area contributed by atoms with Gasteiger partial charge in [-0.25, -0.2) is 4.39 Å². The summed E-state index contributed by atoms with van der Waals surface area (Å²) < 4.78 is 13.0. The Bertz CT molecular complexity index is 737. The third-order valence-corrected chi connectivity index (χ3v) is 4.99. The summed E-state index contributed by atoms with van der Waals surface area (Å²) in [6.45, 7) is 5.86. The van der Waals surface area contributed by atoms with Crippen LogP contribution in [0.15, 0.2) is 46.1 Å². The summed E-state index contributed by atoms with van der Waals surface area (Å²) in [6, 6.07) is 8.23. The number of thiophene rings is 1. The molecule has 0 aliphatic carbocycles. The van der Waals surface area contributed by atoms with Crippen LogP contribution in [0.4, 0.5) is 4.39 Å². The van der Waals surface area contributed by atoms with Crippen LogP contribution >= 0.6 is 35.3 Å². The van der Waals surface area contributed by atoms with Crippen molar-refractivity contribution in [2.45, 2.75) is 26.2 Å². The van der Waals surface area contributed by atoms with E-state index in [9.17, 15) is 9.18 Å². The number of aliphatic imine (C=N–C) groups is 1. The van der Waals surface area contributed by atoms with Crippen LogP contribution in [0.5, 0.6) is 0 Å². The number of rotatable bonds is 9. The van der Waals surface area contributed by atoms with Gasteiger partial charge in [0.1, 0.15) is 5.82 Å². The summed E-state index contributed by atoms with van der Waals surface area (Å²) in [5.74, 6) is -0.125. The first-order valence-corrected chi connectivity index (χ1v) is 10.0. The van der Waals surface area contributed by atoms with Gasteiger partial charge in [0.2, 0.25) is 5.91 Å². The molecule has 0 spiro atoms. The predicted molar refractivity (Wildman–Crippen MR) is 125 cm³/mol. The Kier molecular flexibility index (Phi) is 11.1. The number of benzene rings is 1. The molecule has 28 heavy (non-hydrogen) atoms. The quantitative estimate of drug-likeness (QED) is 0.270. The van der Waals surface area contributed by atoms with E-state index in [1.807, 2.05) is 6.92 Å². The van der Waals surface area contributed by atoms with Crippen LogP contribution in [0, 0.1) is 11.7 Å². The zero-order chi connectivity index (χ0) is 19.6. The number of hydrogen-bond acceptors (Lipinski definition) is 3. The molecule has 1 amide bonds. The second-order valence-corrected chi connectivity index (χ2v) is 7.27. The van der Waals surface area contributed by atoms with Gasteiger partial charge >= 0.3 is 0 Å². The Morgan fingerprint density at radius 1 is 1.25 bits per heavy atom. The molecule has 0 bridgehead atoms. The molecule has 1 aromatic carbocycles. The van der Waals surface area contributed by atoms with Crippen molar-refractivity contribution in [3.8, 4) is 0 Å². The first-order chi connectivity index (χ1) is 13.0. The highest BCUT2D eigenvalue weighted by atomic mass is 127. The number of amides is 1. The van der Waals surface area contributed by atoms with Gasteiger partial charge in [-0.15, -0.1) is 24.0 Å². The average molecular weight is 518 g/mol. The van der Waals surface area contributed by atoms with Gasteiger partial charge in [-0.2, -0.15) is 11.3 Å². The average Bonchev–Trinajstić information content (AvgIpc) is 3.18. The van der Waals surface area contributed by atoms with Crippen molar-refractivity contribution >= 4 is 47.2 Å². The van der Waals surface area contributed by atoms with Crippen molar-refractivity contribution in [1.29, 1.82) is 0 Å². The molecule has 8 heteroatoms. The molecule has 4 N–H and O–H groups in total. The molecule has 2 atom stereocenters. The summed E-state index contributed by atoms with van der Waals surface area (Å²) in [5.41, 5.74) is 7.69. The topological polar surface area (TPSA) is 79.5 Å². The lowest BCUT2D eigenvalue weighted by atomic mass is 9.98. The number of nitrogens with zero attached hydrogens (tertiary/aromatic N) is 1.